The fourth-order valence-corrected chi connectivity index (χ4v) is 2.62. The largest absolute Gasteiger partial charge is 0.481 e. The number of amides is 1. The molecule has 1 aliphatic heterocycles. The molecule has 0 aliphatic carbocycles. The van der Waals surface area contributed by atoms with Crippen molar-refractivity contribution in [3.63, 3.8) is 0 Å². The molecule has 2 aromatic rings. The number of aliphatic carboxylic acids is 1. The lowest BCUT2D eigenvalue weighted by Crippen LogP contribution is -2.52. The Bertz CT molecular complexity index is 914. The van der Waals surface area contributed by atoms with E-state index in [1.165, 1.54) is 34.3 Å². The first kappa shape index (κ1) is 18.6. The third-order valence-corrected chi connectivity index (χ3v) is 4.08. The number of likely N-dealkylation sites (tertiary alicyclic amines) is 1. The van der Waals surface area contributed by atoms with Crippen molar-refractivity contribution in [2.75, 3.05) is 13.1 Å². The van der Waals surface area contributed by atoms with Crippen LogP contribution in [0.15, 0.2) is 30.6 Å². The summed E-state index contributed by atoms with van der Waals surface area (Å²) < 4.78 is 40.0. The third-order valence-electron chi connectivity index (χ3n) is 4.08. The zero-order valence-corrected chi connectivity index (χ0v) is 14.1. The van der Waals surface area contributed by atoms with Crippen LogP contribution in [0, 0.1) is 12.8 Å². The Hall–Kier alpha value is -3.17. The van der Waals surface area contributed by atoms with Gasteiger partial charge in [0.2, 0.25) is 5.91 Å². The lowest BCUT2D eigenvalue weighted by atomic mass is 10.0. The van der Waals surface area contributed by atoms with Crippen molar-refractivity contribution in [1.82, 2.24) is 19.7 Å². The predicted octanol–water partition coefficient (Wildman–Crippen LogP) is 2.29. The Labute approximate surface area is 151 Å². The van der Waals surface area contributed by atoms with Gasteiger partial charge in [0.1, 0.15) is 6.33 Å². The average molecular weight is 380 g/mol. The molecule has 3 rings (SSSR count). The van der Waals surface area contributed by atoms with Gasteiger partial charge in [0.15, 0.2) is 5.82 Å². The number of aryl methyl sites for hydroxylation is 1. The molecule has 0 radical (unpaired) electrons. The van der Waals surface area contributed by atoms with E-state index in [-0.39, 0.29) is 30.4 Å². The molecular weight excluding hydrogens is 365 g/mol. The van der Waals surface area contributed by atoms with Crippen LogP contribution in [0.4, 0.5) is 13.2 Å². The summed E-state index contributed by atoms with van der Waals surface area (Å²) in [4.78, 5) is 28.0. The molecule has 1 saturated heterocycles. The fraction of sp³-hybridized carbons (Fsp3) is 0.294. The zero-order chi connectivity index (χ0) is 19.8. The van der Waals surface area contributed by atoms with Gasteiger partial charge in [0, 0.05) is 30.9 Å². The van der Waals surface area contributed by atoms with Gasteiger partial charge in [-0.1, -0.05) is 0 Å². The summed E-state index contributed by atoms with van der Waals surface area (Å²) in [5, 5.41) is 12.8. The Kier molecular flexibility index (Phi) is 4.73. The minimum Gasteiger partial charge on any atom is -0.481 e. The minimum absolute atomic E-state index is 0.0937. The molecule has 1 aliphatic rings. The Morgan fingerprint density at radius 2 is 1.96 bits per heavy atom. The van der Waals surface area contributed by atoms with Gasteiger partial charge in [-0.25, -0.2) is 9.67 Å². The number of carboxylic acid groups (broad SMARTS) is 1. The summed E-state index contributed by atoms with van der Waals surface area (Å²) in [5.41, 5.74) is -0.147. The molecule has 27 heavy (non-hydrogen) atoms. The molecule has 1 amide bonds. The average Bonchev–Trinajstić information content (AvgIpc) is 2.98. The molecule has 1 N–H and O–H groups in total. The SMILES string of the molecule is Cc1cc(-c2ncn(/C=C\C(=O)N3CC(C(=O)O)C3)n2)cc(C(F)(F)F)c1. The number of halogens is 3. The molecule has 0 unspecified atom stereocenters. The maximum atomic E-state index is 12.9. The highest BCUT2D eigenvalue weighted by atomic mass is 19.4. The summed E-state index contributed by atoms with van der Waals surface area (Å²) in [6.07, 6.45) is -0.688. The summed E-state index contributed by atoms with van der Waals surface area (Å²) in [6, 6.07) is 3.54. The lowest BCUT2D eigenvalue weighted by Gasteiger charge is -2.35. The van der Waals surface area contributed by atoms with Crippen LogP contribution < -0.4 is 0 Å². The fourth-order valence-electron chi connectivity index (χ4n) is 2.62. The Balaban J connectivity index is 1.71. The van der Waals surface area contributed by atoms with E-state index < -0.39 is 23.6 Å². The molecule has 2 heterocycles. The number of hydrogen-bond donors (Lipinski definition) is 1. The molecule has 0 saturated carbocycles. The summed E-state index contributed by atoms with van der Waals surface area (Å²) >= 11 is 0. The van der Waals surface area contributed by atoms with E-state index in [2.05, 4.69) is 10.1 Å². The van der Waals surface area contributed by atoms with Gasteiger partial charge in [-0.05, 0) is 30.7 Å². The van der Waals surface area contributed by atoms with E-state index in [0.29, 0.717) is 5.56 Å². The van der Waals surface area contributed by atoms with E-state index in [9.17, 15) is 22.8 Å². The number of aromatic nitrogens is 3. The Morgan fingerprint density at radius 1 is 1.26 bits per heavy atom. The van der Waals surface area contributed by atoms with Crippen molar-refractivity contribution >= 4 is 18.1 Å². The van der Waals surface area contributed by atoms with Gasteiger partial charge in [-0.2, -0.15) is 13.2 Å². The Morgan fingerprint density at radius 3 is 2.59 bits per heavy atom. The number of hydrogen-bond acceptors (Lipinski definition) is 4. The van der Waals surface area contributed by atoms with Crippen LogP contribution in [0.3, 0.4) is 0 Å². The number of rotatable bonds is 4. The van der Waals surface area contributed by atoms with Crippen LogP contribution in [0.1, 0.15) is 11.1 Å². The highest BCUT2D eigenvalue weighted by Crippen LogP contribution is 2.32. The van der Waals surface area contributed by atoms with Crippen LogP contribution >= 0.6 is 0 Å². The minimum atomic E-state index is -4.47. The quantitative estimate of drug-likeness (QED) is 0.823. The maximum absolute atomic E-state index is 12.9. The second-order valence-corrected chi connectivity index (χ2v) is 6.23. The first-order chi connectivity index (χ1) is 12.6. The van der Waals surface area contributed by atoms with Gasteiger partial charge in [0.25, 0.3) is 0 Å². The summed E-state index contributed by atoms with van der Waals surface area (Å²) in [6.45, 7) is 1.83. The van der Waals surface area contributed by atoms with Crippen LogP contribution in [-0.2, 0) is 15.8 Å². The number of alkyl halides is 3. The van der Waals surface area contributed by atoms with Gasteiger partial charge in [-0.3, -0.25) is 9.59 Å². The molecule has 7 nitrogen and oxygen atoms in total. The van der Waals surface area contributed by atoms with Crippen molar-refractivity contribution in [1.29, 1.82) is 0 Å². The second kappa shape index (κ2) is 6.86. The number of carboxylic acids is 1. The number of nitrogens with zero attached hydrogens (tertiary/aromatic N) is 4. The molecular formula is C17H15F3N4O3. The molecule has 1 aromatic heterocycles. The molecule has 142 valence electrons. The van der Waals surface area contributed by atoms with Gasteiger partial charge < -0.3 is 10.0 Å². The van der Waals surface area contributed by atoms with E-state index >= 15 is 0 Å². The van der Waals surface area contributed by atoms with Gasteiger partial charge >= 0.3 is 12.1 Å². The highest BCUT2D eigenvalue weighted by Gasteiger charge is 2.34. The van der Waals surface area contributed by atoms with Crippen LogP contribution in [0.25, 0.3) is 17.6 Å². The number of carbonyl (C=O) groups excluding carboxylic acids is 1. The van der Waals surface area contributed by atoms with Crippen molar-refractivity contribution < 1.29 is 27.9 Å². The van der Waals surface area contributed by atoms with E-state index in [1.807, 2.05) is 0 Å². The van der Waals surface area contributed by atoms with Crippen molar-refractivity contribution in [3.8, 4) is 11.4 Å². The zero-order valence-electron chi connectivity index (χ0n) is 14.1. The first-order valence-corrected chi connectivity index (χ1v) is 7.94. The predicted molar refractivity (Wildman–Crippen MR) is 88.2 cm³/mol. The van der Waals surface area contributed by atoms with Crippen LogP contribution in [-0.4, -0.2) is 49.7 Å². The van der Waals surface area contributed by atoms with Crippen LogP contribution in [0.5, 0.6) is 0 Å². The number of carbonyl (C=O) groups is 2. The topological polar surface area (TPSA) is 88.3 Å². The van der Waals surface area contributed by atoms with E-state index in [1.54, 1.807) is 6.92 Å². The van der Waals surface area contributed by atoms with Crippen molar-refractivity contribution in [3.05, 3.63) is 41.7 Å². The second-order valence-electron chi connectivity index (χ2n) is 6.23. The van der Waals surface area contributed by atoms with E-state index in [4.69, 9.17) is 5.11 Å². The highest BCUT2D eigenvalue weighted by molar-refractivity contribution is 5.91. The normalized spacial score (nSPS) is 15.2. The monoisotopic (exact) mass is 380 g/mol. The smallest absolute Gasteiger partial charge is 0.416 e. The lowest BCUT2D eigenvalue weighted by molar-refractivity contribution is -0.151. The molecule has 0 atom stereocenters. The number of benzene rings is 1. The van der Waals surface area contributed by atoms with Crippen molar-refractivity contribution in [2.45, 2.75) is 13.1 Å². The van der Waals surface area contributed by atoms with Crippen LogP contribution in [0.2, 0.25) is 0 Å². The first-order valence-electron chi connectivity index (χ1n) is 7.94. The summed E-state index contributed by atoms with van der Waals surface area (Å²) in [7, 11) is 0. The molecule has 0 bridgehead atoms. The van der Waals surface area contributed by atoms with E-state index in [0.717, 1.165) is 12.1 Å². The third kappa shape index (κ3) is 4.15. The van der Waals surface area contributed by atoms with Gasteiger partial charge in [0.05, 0.1) is 11.5 Å². The summed E-state index contributed by atoms with van der Waals surface area (Å²) in [5.74, 6) is -1.78. The van der Waals surface area contributed by atoms with Crippen molar-refractivity contribution in [2.24, 2.45) is 5.92 Å². The standard InChI is InChI=1S/C17H15F3N4O3/c1-10-4-11(6-13(5-10)17(18,19)20)15-21-9-24(22-15)3-2-14(25)23-7-12(8-23)16(26)27/h2-6,9,12H,7-8H2,1H3,(H,26,27)/b3-2-. The molecule has 1 aromatic carbocycles. The maximum Gasteiger partial charge on any atom is 0.416 e. The van der Waals surface area contributed by atoms with Gasteiger partial charge in [-0.15, -0.1) is 5.10 Å². The molecule has 10 heteroatoms. The molecule has 0 spiro atoms. The molecule has 1 fully saturated rings.